The van der Waals surface area contributed by atoms with Crippen molar-refractivity contribution < 1.29 is 13.7 Å². The predicted molar refractivity (Wildman–Crippen MR) is 131 cm³/mol. The Morgan fingerprint density at radius 1 is 1.06 bits per heavy atom. The van der Waals surface area contributed by atoms with Crippen LogP contribution in [-0.4, -0.2) is 60.3 Å². The van der Waals surface area contributed by atoms with Crippen molar-refractivity contribution in [1.82, 2.24) is 20.3 Å². The Hall–Kier alpha value is -3.39. The van der Waals surface area contributed by atoms with Crippen LogP contribution in [0.2, 0.25) is 0 Å². The van der Waals surface area contributed by atoms with E-state index in [1.54, 1.807) is 17.0 Å². The number of piperazine rings is 1. The molecule has 1 N–H and O–H groups in total. The van der Waals surface area contributed by atoms with Crippen LogP contribution in [0.1, 0.15) is 25.0 Å². The summed E-state index contributed by atoms with van der Waals surface area (Å²) in [5, 5.41) is 7.39. The molecule has 2 heterocycles. The van der Waals surface area contributed by atoms with Crippen LogP contribution in [0.25, 0.3) is 11.3 Å². The fourth-order valence-electron chi connectivity index (χ4n) is 4.07. The summed E-state index contributed by atoms with van der Waals surface area (Å²) in [5.41, 5.74) is 3.24. The zero-order valence-electron chi connectivity index (χ0n) is 20.0. The van der Waals surface area contributed by atoms with Crippen LogP contribution in [0, 0.1) is 5.82 Å². The van der Waals surface area contributed by atoms with Gasteiger partial charge in [0.2, 0.25) is 5.88 Å². The van der Waals surface area contributed by atoms with Crippen LogP contribution >= 0.6 is 0 Å². The number of nitrogens with zero attached hydrogens (tertiary/aromatic N) is 4. The normalized spacial score (nSPS) is 14.4. The van der Waals surface area contributed by atoms with Crippen molar-refractivity contribution >= 4 is 11.9 Å². The molecule has 0 bridgehead atoms. The van der Waals surface area contributed by atoms with Crippen molar-refractivity contribution in [2.24, 2.45) is 0 Å². The Bertz CT molecular complexity index is 1080. The van der Waals surface area contributed by atoms with E-state index in [1.807, 2.05) is 44.2 Å². The van der Waals surface area contributed by atoms with E-state index >= 15 is 0 Å². The van der Waals surface area contributed by atoms with Gasteiger partial charge in [-0.3, -0.25) is 0 Å². The second-order valence-corrected chi connectivity index (χ2v) is 9.06. The van der Waals surface area contributed by atoms with Crippen molar-refractivity contribution in [3.8, 4) is 11.3 Å². The summed E-state index contributed by atoms with van der Waals surface area (Å²) in [4.78, 5) is 19.4. The van der Waals surface area contributed by atoms with Gasteiger partial charge in [-0.05, 0) is 50.7 Å². The summed E-state index contributed by atoms with van der Waals surface area (Å²) < 4.78 is 19.5. The molecule has 8 heteroatoms. The molecule has 1 aliphatic heterocycles. The molecule has 1 aliphatic rings. The number of benzene rings is 2. The molecule has 2 amide bonds. The number of carbonyl (C=O) groups excluding carboxylic acids is 1. The van der Waals surface area contributed by atoms with E-state index < -0.39 is 0 Å². The summed E-state index contributed by atoms with van der Waals surface area (Å²) in [7, 11) is 2.10. The third-order valence-corrected chi connectivity index (χ3v) is 5.94. The van der Waals surface area contributed by atoms with E-state index in [9.17, 15) is 9.18 Å². The SMILES string of the molecule is CC(C)NC(=O)N(Cc1ccccc1)Cc1c(-c2ccc(F)cc2)noc1N1CCN(C)CC1. The lowest BCUT2D eigenvalue weighted by Gasteiger charge is -2.33. The lowest BCUT2D eigenvalue weighted by Crippen LogP contribution is -2.45. The minimum atomic E-state index is -0.310. The molecule has 1 saturated heterocycles. The van der Waals surface area contributed by atoms with Crippen LogP contribution < -0.4 is 10.2 Å². The van der Waals surface area contributed by atoms with Gasteiger partial charge in [0.05, 0.1) is 12.1 Å². The van der Waals surface area contributed by atoms with E-state index in [4.69, 9.17) is 4.52 Å². The van der Waals surface area contributed by atoms with Gasteiger partial charge < -0.3 is 24.5 Å². The third kappa shape index (κ3) is 5.75. The van der Waals surface area contributed by atoms with Gasteiger partial charge in [0.1, 0.15) is 11.5 Å². The Labute approximate surface area is 200 Å². The molecule has 4 rings (SSSR count). The molecule has 0 atom stereocenters. The molecule has 0 saturated carbocycles. The number of nitrogens with one attached hydrogen (secondary N) is 1. The van der Waals surface area contributed by atoms with E-state index in [1.165, 1.54) is 12.1 Å². The van der Waals surface area contributed by atoms with Gasteiger partial charge in [-0.15, -0.1) is 0 Å². The van der Waals surface area contributed by atoms with E-state index in [2.05, 4.69) is 27.3 Å². The van der Waals surface area contributed by atoms with Gasteiger partial charge in [0, 0.05) is 44.3 Å². The van der Waals surface area contributed by atoms with Crippen molar-refractivity contribution in [2.45, 2.75) is 33.0 Å². The lowest BCUT2D eigenvalue weighted by atomic mass is 10.1. The zero-order valence-corrected chi connectivity index (χ0v) is 20.0. The smallest absolute Gasteiger partial charge is 0.318 e. The number of hydrogen-bond donors (Lipinski definition) is 1. The highest BCUT2D eigenvalue weighted by atomic mass is 19.1. The van der Waals surface area contributed by atoms with Gasteiger partial charge in [-0.2, -0.15) is 0 Å². The first kappa shape index (κ1) is 23.8. The highest BCUT2D eigenvalue weighted by Crippen LogP contribution is 2.33. The zero-order chi connectivity index (χ0) is 24.1. The third-order valence-electron chi connectivity index (χ3n) is 5.94. The molecule has 0 unspecified atom stereocenters. The molecule has 0 aliphatic carbocycles. The average molecular weight is 466 g/mol. The van der Waals surface area contributed by atoms with Gasteiger partial charge in [0.15, 0.2) is 0 Å². The fraction of sp³-hybridized carbons (Fsp3) is 0.385. The fourth-order valence-corrected chi connectivity index (χ4v) is 4.07. The number of urea groups is 1. The van der Waals surface area contributed by atoms with Crippen LogP contribution in [0.4, 0.5) is 15.1 Å². The molecule has 7 nitrogen and oxygen atoms in total. The summed E-state index contributed by atoms with van der Waals surface area (Å²) in [6, 6.07) is 16.0. The second kappa shape index (κ2) is 10.7. The highest BCUT2D eigenvalue weighted by molar-refractivity contribution is 5.76. The first-order valence-electron chi connectivity index (χ1n) is 11.7. The van der Waals surface area contributed by atoms with Crippen LogP contribution in [-0.2, 0) is 13.1 Å². The topological polar surface area (TPSA) is 64.9 Å². The van der Waals surface area contributed by atoms with Crippen molar-refractivity contribution in [3.05, 3.63) is 71.5 Å². The summed E-state index contributed by atoms with van der Waals surface area (Å²) in [5.74, 6) is 0.359. The number of hydrogen-bond acceptors (Lipinski definition) is 5. The van der Waals surface area contributed by atoms with E-state index in [-0.39, 0.29) is 17.9 Å². The molecule has 180 valence electrons. The van der Waals surface area contributed by atoms with E-state index in [0.29, 0.717) is 24.7 Å². The minimum absolute atomic E-state index is 0.00178. The van der Waals surface area contributed by atoms with E-state index in [0.717, 1.165) is 42.9 Å². The lowest BCUT2D eigenvalue weighted by molar-refractivity contribution is 0.189. The largest absolute Gasteiger partial charge is 0.338 e. The van der Waals surface area contributed by atoms with Crippen LogP contribution in [0.15, 0.2) is 59.1 Å². The maximum atomic E-state index is 13.6. The number of halogens is 1. The Morgan fingerprint density at radius 3 is 2.38 bits per heavy atom. The maximum absolute atomic E-state index is 13.6. The van der Waals surface area contributed by atoms with Crippen molar-refractivity contribution in [1.29, 1.82) is 0 Å². The first-order valence-corrected chi connectivity index (χ1v) is 11.7. The number of rotatable bonds is 7. The quantitative estimate of drug-likeness (QED) is 0.562. The van der Waals surface area contributed by atoms with Gasteiger partial charge in [0.25, 0.3) is 0 Å². The molecular formula is C26H32FN5O2. The minimum Gasteiger partial charge on any atom is -0.338 e. The first-order chi connectivity index (χ1) is 16.4. The molecule has 3 aromatic rings. The summed E-state index contributed by atoms with van der Waals surface area (Å²) in [6.07, 6.45) is 0. The van der Waals surface area contributed by atoms with Crippen LogP contribution in [0.3, 0.4) is 0 Å². The molecule has 2 aromatic carbocycles. The van der Waals surface area contributed by atoms with Crippen molar-refractivity contribution in [2.75, 3.05) is 38.1 Å². The van der Waals surface area contributed by atoms with Crippen molar-refractivity contribution in [3.63, 3.8) is 0 Å². The Balaban J connectivity index is 1.71. The molecular weight excluding hydrogens is 433 g/mol. The molecule has 0 spiro atoms. The summed E-state index contributed by atoms with van der Waals surface area (Å²) >= 11 is 0. The Kier molecular flexibility index (Phi) is 7.47. The standard InChI is InChI=1S/C26H32FN5O2/c1-19(2)28-26(33)32(17-20-7-5-4-6-8-20)18-23-24(21-9-11-22(27)12-10-21)29-34-25(23)31-15-13-30(3)14-16-31/h4-12,19H,13-18H2,1-3H3,(H,28,33). The molecule has 34 heavy (non-hydrogen) atoms. The highest BCUT2D eigenvalue weighted by Gasteiger charge is 2.28. The van der Waals surface area contributed by atoms with Gasteiger partial charge in [-0.25, -0.2) is 9.18 Å². The number of carbonyl (C=O) groups is 1. The molecule has 0 radical (unpaired) electrons. The predicted octanol–water partition coefficient (Wildman–Crippen LogP) is 4.35. The van der Waals surface area contributed by atoms with Gasteiger partial charge in [-0.1, -0.05) is 35.5 Å². The summed E-state index contributed by atoms with van der Waals surface area (Å²) in [6.45, 7) is 8.06. The number of likely N-dealkylation sites (N-methyl/N-ethyl adjacent to an activating group) is 1. The monoisotopic (exact) mass is 465 g/mol. The van der Waals surface area contributed by atoms with Crippen LogP contribution in [0.5, 0.6) is 0 Å². The number of amides is 2. The maximum Gasteiger partial charge on any atom is 0.318 e. The average Bonchev–Trinajstić information content (AvgIpc) is 3.23. The van der Waals surface area contributed by atoms with Gasteiger partial charge >= 0.3 is 6.03 Å². The Morgan fingerprint density at radius 2 is 1.74 bits per heavy atom. The molecule has 1 fully saturated rings. The number of aromatic nitrogens is 1. The number of anilines is 1. The second-order valence-electron chi connectivity index (χ2n) is 9.06. The molecule has 1 aromatic heterocycles.